The Labute approximate surface area is 98.2 Å². The van der Waals surface area contributed by atoms with Crippen molar-refractivity contribution < 1.29 is 4.79 Å². The van der Waals surface area contributed by atoms with Gasteiger partial charge in [0.05, 0.1) is 6.54 Å². The highest BCUT2D eigenvalue weighted by Crippen LogP contribution is 2.18. The molecule has 0 aliphatic rings. The molecule has 0 aliphatic carbocycles. The third-order valence-electron chi connectivity index (χ3n) is 1.92. The van der Waals surface area contributed by atoms with E-state index in [1.165, 1.54) is 6.92 Å². The summed E-state index contributed by atoms with van der Waals surface area (Å²) in [7, 11) is 0. The fourth-order valence-electron chi connectivity index (χ4n) is 1.05. The molecule has 78 valence electrons. The smallest absolute Gasteiger partial charge is 0.217 e. The Hall–Kier alpha value is -1.27. The summed E-state index contributed by atoms with van der Waals surface area (Å²) in [5, 5.41) is 2.63. The minimum absolute atomic E-state index is 0.0599. The standard InChI is InChI=1S/C12H12BrNO/c1-9-11(5-3-7-12(9)13)6-4-8-14-10(2)15/h3,5,7H,8H2,1-2H3,(H,14,15). The first kappa shape index (κ1) is 11.8. The number of amides is 1. The lowest BCUT2D eigenvalue weighted by Crippen LogP contribution is -2.19. The Morgan fingerprint density at radius 3 is 2.93 bits per heavy atom. The maximum absolute atomic E-state index is 10.6. The van der Waals surface area contributed by atoms with Gasteiger partial charge >= 0.3 is 0 Å². The Bertz CT molecular complexity index is 429. The van der Waals surface area contributed by atoms with Crippen LogP contribution in [0, 0.1) is 18.8 Å². The summed E-state index contributed by atoms with van der Waals surface area (Å²) in [5.41, 5.74) is 2.10. The number of carbonyl (C=O) groups is 1. The van der Waals surface area contributed by atoms with Crippen LogP contribution < -0.4 is 5.32 Å². The van der Waals surface area contributed by atoms with Crippen molar-refractivity contribution in [3.8, 4) is 11.8 Å². The average molecular weight is 266 g/mol. The molecule has 0 radical (unpaired) electrons. The van der Waals surface area contributed by atoms with Crippen molar-refractivity contribution in [3.05, 3.63) is 33.8 Å². The molecule has 0 fully saturated rings. The van der Waals surface area contributed by atoms with E-state index in [4.69, 9.17) is 0 Å². The lowest BCUT2D eigenvalue weighted by atomic mass is 10.1. The SMILES string of the molecule is CC(=O)NCC#Cc1cccc(Br)c1C. The second-order valence-corrected chi connectivity index (χ2v) is 3.98. The molecule has 0 heterocycles. The van der Waals surface area contributed by atoms with Crippen molar-refractivity contribution in [3.63, 3.8) is 0 Å². The van der Waals surface area contributed by atoms with Crippen molar-refractivity contribution in [2.45, 2.75) is 13.8 Å². The number of benzene rings is 1. The van der Waals surface area contributed by atoms with Crippen molar-refractivity contribution in [2.24, 2.45) is 0 Å². The molecule has 0 saturated carbocycles. The normalized spacial score (nSPS) is 9.00. The molecule has 1 aromatic carbocycles. The fourth-order valence-corrected chi connectivity index (χ4v) is 1.42. The van der Waals surface area contributed by atoms with E-state index in [0.717, 1.165) is 15.6 Å². The van der Waals surface area contributed by atoms with E-state index >= 15 is 0 Å². The van der Waals surface area contributed by atoms with Gasteiger partial charge < -0.3 is 5.32 Å². The van der Waals surface area contributed by atoms with Gasteiger partial charge in [-0.1, -0.05) is 33.8 Å². The van der Waals surface area contributed by atoms with Gasteiger partial charge in [-0.3, -0.25) is 4.79 Å². The maximum Gasteiger partial charge on any atom is 0.217 e. The van der Waals surface area contributed by atoms with Crippen LogP contribution in [0.4, 0.5) is 0 Å². The average Bonchev–Trinajstić information content (AvgIpc) is 2.18. The van der Waals surface area contributed by atoms with Crippen LogP contribution in [0.5, 0.6) is 0 Å². The van der Waals surface area contributed by atoms with E-state index in [1.807, 2.05) is 25.1 Å². The zero-order chi connectivity index (χ0) is 11.3. The van der Waals surface area contributed by atoms with Crippen LogP contribution in [0.25, 0.3) is 0 Å². The molecule has 15 heavy (non-hydrogen) atoms. The molecule has 1 aromatic rings. The summed E-state index contributed by atoms with van der Waals surface area (Å²) in [6.07, 6.45) is 0. The monoisotopic (exact) mass is 265 g/mol. The van der Waals surface area contributed by atoms with Crippen LogP contribution in [-0.2, 0) is 4.79 Å². The first-order valence-electron chi connectivity index (χ1n) is 4.59. The van der Waals surface area contributed by atoms with E-state index in [9.17, 15) is 4.79 Å². The summed E-state index contributed by atoms with van der Waals surface area (Å²) in [5.74, 6) is 5.85. The lowest BCUT2D eigenvalue weighted by molar-refractivity contribution is -0.118. The predicted molar refractivity (Wildman–Crippen MR) is 64.4 cm³/mol. The Kier molecular flexibility index (Phi) is 4.38. The van der Waals surface area contributed by atoms with Crippen molar-refractivity contribution in [1.29, 1.82) is 0 Å². The zero-order valence-electron chi connectivity index (χ0n) is 8.73. The Morgan fingerprint density at radius 1 is 1.53 bits per heavy atom. The van der Waals surface area contributed by atoms with Crippen LogP contribution in [0.2, 0.25) is 0 Å². The van der Waals surface area contributed by atoms with Crippen LogP contribution >= 0.6 is 15.9 Å². The minimum atomic E-state index is -0.0599. The lowest BCUT2D eigenvalue weighted by Gasteiger charge is -1.99. The maximum atomic E-state index is 10.6. The molecule has 0 unspecified atom stereocenters. The van der Waals surface area contributed by atoms with E-state index in [0.29, 0.717) is 6.54 Å². The Balaban J connectivity index is 2.72. The summed E-state index contributed by atoms with van der Waals surface area (Å²) in [6.45, 7) is 3.87. The molecule has 1 rings (SSSR count). The highest BCUT2D eigenvalue weighted by molar-refractivity contribution is 9.10. The van der Waals surface area contributed by atoms with Gasteiger partial charge in [-0.15, -0.1) is 0 Å². The van der Waals surface area contributed by atoms with Gasteiger partial charge in [0.25, 0.3) is 0 Å². The van der Waals surface area contributed by atoms with Crippen LogP contribution in [0.3, 0.4) is 0 Å². The van der Waals surface area contributed by atoms with E-state index in [-0.39, 0.29) is 5.91 Å². The van der Waals surface area contributed by atoms with Crippen molar-refractivity contribution in [2.75, 3.05) is 6.54 Å². The first-order valence-corrected chi connectivity index (χ1v) is 5.39. The summed E-state index contributed by atoms with van der Waals surface area (Å²) >= 11 is 3.44. The number of hydrogen-bond acceptors (Lipinski definition) is 1. The molecule has 0 bridgehead atoms. The number of hydrogen-bond donors (Lipinski definition) is 1. The van der Waals surface area contributed by atoms with Crippen molar-refractivity contribution >= 4 is 21.8 Å². The molecule has 0 aromatic heterocycles. The largest absolute Gasteiger partial charge is 0.345 e. The Morgan fingerprint density at radius 2 is 2.27 bits per heavy atom. The van der Waals surface area contributed by atoms with Gasteiger partial charge in [0.2, 0.25) is 5.91 Å². The fraction of sp³-hybridized carbons (Fsp3) is 0.250. The van der Waals surface area contributed by atoms with E-state index in [2.05, 4.69) is 33.1 Å². The van der Waals surface area contributed by atoms with Crippen LogP contribution in [0.15, 0.2) is 22.7 Å². The molecule has 2 nitrogen and oxygen atoms in total. The topological polar surface area (TPSA) is 29.1 Å². The second-order valence-electron chi connectivity index (χ2n) is 3.12. The second kappa shape index (κ2) is 5.57. The minimum Gasteiger partial charge on any atom is -0.345 e. The number of carbonyl (C=O) groups excluding carboxylic acids is 1. The molecule has 0 spiro atoms. The zero-order valence-corrected chi connectivity index (χ0v) is 10.3. The number of halogens is 1. The number of rotatable bonds is 1. The van der Waals surface area contributed by atoms with Gasteiger partial charge in [-0.05, 0) is 24.6 Å². The van der Waals surface area contributed by atoms with Gasteiger partial charge in [-0.25, -0.2) is 0 Å². The van der Waals surface area contributed by atoms with Gasteiger partial charge in [0.15, 0.2) is 0 Å². The van der Waals surface area contributed by atoms with Gasteiger partial charge in [0, 0.05) is 17.0 Å². The molecule has 0 atom stereocenters. The third kappa shape index (κ3) is 3.77. The molecule has 3 heteroatoms. The van der Waals surface area contributed by atoms with Gasteiger partial charge in [0.1, 0.15) is 0 Å². The third-order valence-corrected chi connectivity index (χ3v) is 2.78. The van der Waals surface area contributed by atoms with Crippen LogP contribution in [-0.4, -0.2) is 12.5 Å². The highest BCUT2D eigenvalue weighted by Gasteiger charge is 1.97. The molecular formula is C12H12BrNO. The molecule has 1 N–H and O–H groups in total. The van der Waals surface area contributed by atoms with E-state index < -0.39 is 0 Å². The van der Waals surface area contributed by atoms with E-state index in [1.54, 1.807) is 0 Å². The molecule has 1 amide bonds. The highest BCUT2D eigenvalue weighted by atomic mass is 79.9. The predicted octanol–water partition coefficient (Wildman–Crippen LogP) is 2.25. The summed E-state index contributed by atoms with van der Waals surface area (Å²) < 4.78 is 1.05. The van der Waals surface area contributed by atoms with Gasteiger partial charge in [-0.2, -0.15) is 0 Å². The quantitative estimate of drug-likeness (QED) is 0.776. The summed E-state index contributed by atoms with van der Waals surface area (Å²) in [4.78, 5) is 10.6. The molecule has 0 aliphatic heterocycles. The van der Waals surface area contributed by atoms with Crippen molar-refractivity contribution in [1.82, 2.24) is 5.32 Å². The van der Waals surface area contributed by atoms with Crippen LogP contribution in [0.1, 0.15) is 18.1 Å². The number of nitrogens with one attached hydrogen (secondary N) is 1. The first-order chi connectivity index (χ1) is 7.11. The molecular weight excluding hydrogens is 254 g/mol. The summed E-state index contributed by atoms with van der Waals surface area (Å²) in [6, 6.07) is 5.88. The molecule has 0 saturated heterocycles.